The van der Waals surface area contributed by atoms with Gasteiger partial charge in [-0.2, -0.15) is 0 Å². The molecule has 0 aliphatic carbocycles. The van der Waals surface area contributed by atoms with Crippen LogP contribution in [0.15, 0.2) is 0 Å². The van der Waals surface area contributed by atoms with Gasteiger partial charge in [0.2, 0.25) is 0 Å². The first kappa shape index (κ1) is 23.4. The fourth-order valence-corrected chi connectivity index (χ4v) is 0. The molecule has 0 bridgehead atoms. The average Bonchev–Trinajstić information content (AvgIpc) is 0.811. The summed E-state index contributed by atoms with van der Waals surface area (Å²) in [7, 11) is -3.13. The maximum absolute atomic E-state index is 8.74. The van der Waals surface area contributed by atoms with Gasteiger partial charge in [0.15, 0.2) is 0 Å². The fourth-order valence-electron chi connectivity index (χ4n) is 0. The Balaban J connectivity index is -0.00000000750. The summed E-state index contributed by atoms with van der Waals surface area (Å²) in [5.41, 5.74) is 0. The molecule has 0 amide bonds. The van der Waals surface area contributed by atoms with E-state index in [0.29, 0.717) is 0 Å². The van der Waals surface area contributed by atoms with Crippen LogP contribution in [0.2, 0.25) is 0 Å². The van der Waals surface area contributed by atoms with Crippen LogP contribution in [0, 0.1) is 0 Å². The number of hydrogen-bond donors (Lipinski definition) is 2. The van der Waals surface area contributed by atoms with Crippen molar-refractivity contribution >= 4 is 33.1 Å². The molecule has 0 saturated carbocycles. The Morgan fingerprint density at radius 2 is 1.43 bits per heavy atom. The van der Waals surface area contributed by atoms with Gasteiger partial charge in [-0.25, -0.2) is 0 Å². The SMILES string of the molecule is O=[Si](O)O.[H-].[Li+].[SnH2].[Zn]. The summed E-state index contributed by atoms with van der Waals surface area (Å²) in [6.45, 7) is 0. The molecule has 3 nitrogen and oxygen atoms in total. The van der Waals surface area contributed by atoms with Crippen LogP contribution >= 0.6 is 0 Å². The third kappa shape index (κ3) is 90.6. The van der Waals surface area contributed by atoms with Gasteiger partial charge < -0.3 is 11.0 Å². The summed E-state index contributed by atoms with van der Waals surface area (Å²) in [4.78, 5) is 14.3. The smallest absolute Gasteiger partial charge is 0 e. The van der Waals surface area contributed by atoms with Crippen LogP contribution in [0.4, 0.5) is 0 Å². The topological polar surface area (TPSA) is 57.5 Å². The normalized spacial score (nSPS) is 3.43. The van der Waals surface area contributed by atoms with Gasteiger partial charge in [0, 0.05) is 19.5 Å². The van der Waals surface area contributed by atoms with Gasteiger partial charge in [0.1, 0.15) is 0 Å². The molecule has 2 N–H and O–H groups in total. The monoisotopic (exact) mass is 272 g/mol. The molecule has 0 heterocycles. The van der Waals surface area contributed by atoms with Gasteiger partial charge >= 0.3 is 51.9 Å². The van der Waals surface area contributed by atoms with E-state index in [-0.39, 0.29) is 63.7 Å². The van der Waals surface area contributed by atoms with Crippen molar-refractivity contribution in [2.75, 3.05) is 0 Å². The molecule has 7 heavy (non-hydrogen) atoms. The zero-order valence-corrected chi connectivity index (χ0v) is 12.2. The molecule has 2 radical (unpaired) electrons. The van der Waals surface area contributed by atoms with Crippen LogP contribution in [-0.4, -0.2) is 42.7 Å². The van der Waals surface area contributed by atoms with E-state index in [1.807, 2.05) is 0 Å². The maximum Gasteiger partial charge on any atom is 0 e. The molecule has 0 aliphatic heterocycles. The van der Waals surface area contributed by atoms with E-state index in [1.165, 1.54) is 0 Å². The maximum atomic E-state index is 8.74. The first-order valence-electron chi connectivity index (χ1n) is 0.651. The van der Waals surface area contributed by atoms with Crippen LogP contribution in [0.1, 0.15) is 1.43 Å². The second-order valence-corrected chi connectivity index (χ2v) is 0.848. The van der Waals surface area contributed by atoms with Crippen molar-refractivity contribution in [2.24, 2.45) is 0 Å². The van der Waals surface area contributed by atoms with Crippen molar-refractivity contribution in [3.05, 3.63) is 0 Å². The third-order valence-electron chi connectivity index (χ3n) is 0. The van der Waals surface area contributed by atoms with Crippen molar-refractivity contribution in [3.63, 3.8) is 0 Å². The summed E-state index contributed by atoms with van der Waals surface area (Å²) in [6.07, 6.45) is 0. The van der Waals surface area contributed by atoms with Crippen LogP contribution in [0.3, 0.4) is 0 Å². The Morgan fingerprint density at radius 1 is 1.43 bits per heavy atom. The Labute approximate surface area is 86.2 Å². The van der Waals surface area contributed by atoms with Crippen molar-refractivity contribution in [2.45, 2.75) is 0 Å². The molecule has 7 heteroatoms. The third-order valence-corrected chi connectivity index (χ3v) is 0. The Hall–Kier alpha value is 1.64. The Morgan fingerprint density at radius 3 is 1.43 bits per heavy atom. The summed E-state index contributed by atoms with van der Waals surface area (Å²) in [5, 5.41) is 0. The second-order valence-electron chi connectivity index (χ2n) is 0.283. The van der Waals surface area contributed by atoms with E-state index in [0.717, 1.165) is 0 Å². The second kappa shape index (κ2) is 15.6. The zero-order chi connectivity index (χ0) is 3.58. The molecule has 0 aromatic heterocycles. The van der Waals surface area contributed by atoms with E-state index in [4.69, 9.17) is 14.1 Å². The summed E-state index contributed by atoms with van der Waals surface area (Å²) >= 11 is 0. The molecule has 0 fully saturated rings. The molecule has 0 aliphatic rings. The first-order chi connectivity index (χ1) is 1.73. The van der Waals surface area contributed by atoms with E-state index in [1.54, 1.807) is 0 Å². The predicted octanol–water partition coefficient (Wildman–Crippen LogP) is -5.42. The molecule has 0 rings (SSSR count). The van der Waals surface area contributed by atoms with E-state index >= 15 is 0 Å². The van der Waals surface area contributed by atoms with Crippen LogP contribution in [0.25, 0.3) is 0 Å². The van der Waals surface area contributed by atoms with Gasteiger partial charge in [-0.05, 0) is 0 Å². The Bertz CT molecular complexity index is 42.3. The van der Waals surface area contributed by atoms with Crippen molar-refractivity contribution in [3.8, 4) is 0 Å². The fraction of sp³-hybridized carbons (Fsp3) is 0. The summed E-state index contributed by atoms with van der Waals surface area (Å²) < 4.78 is 8.74. The molecular weight excluding hydrogens is 267 g/mol. The number of hydrogen-bond acceptors (Lipinski definition) is 1. The van der Waals surface area contributed by atoms with Crippen molar-refractivity contribution < 1.29 is 53.8 Å². The Kier molecular flexibility index (Phi) is 52.4. The minimum atomic E-state index is -3.13. The quantitative estimate of drug-likeness (QED) is 0.433. The zero-order valence-electron chi connectivity index (χ0n) is 5.22. The average molecular weight is 272 g/mol. The standard InChI is InChI=1S/Li.H2O3Si.Sn.Zn.3H/c;1-4(2)3;;;;;/h;1-2H;;;;;/q+1;;;;;;-1. The largest absolute Gasteiger partial charge is 0 e. The van der Waals surface area contributed by atoms with Gasteiger partial charge in [0.25, 0.3) is 0 Å². The molecule has 0 aromatic carbocycles. The molecule has 0 atom stereocenters. The molecule has 0 spiro atoms. The van der Waals surface area contributed by atoms with Crippen LogP contribution < -0.4 is 18.9 Å². The molecule has 0 unspecified atom stereocenters. The van der Waals surface area contributed by atoms with Gasteiger partial charge in [-0.15, -0.1) is 0 Å². The van der Waals surface area contributed by atoms with Gasteiger partial charge in [-0.3, -0.25) is 4.46 Å². The van der Waals surface area contributed by atoms with Crippen LogP contribution in [0.5, 0.6) is 0 Å². The van der Waals surface area contributed by atoms with E-state index < -0.39 is 9.17 Å². The summed E-state index contributed by atoms with van der Waals surface area (Å²) in [6, 6.07) is 0. The van der Waals surface area contributed by atoms with E-state index in [9.17, 15) is 0 Å². The minimum Gasteiger partial charge on any atom is 0 e. The van der Waals surface area contributed by atoms with Crippen molar-refractivity contribution in [1.29, 1.82) is 0 Å². The molecule has 34 valence electrons. The van der Waals surface area contributed by atoms with Gasteiger partial charge in [-0.1, -0.05) is 0 Å². The molecule has 0 saturated heterocycles. The van der Waals surface area contributed by atoms with Crippen molar-refractivity contribution in [1.82, 2.24) is 0 Å². The van der Waals surface area contributed by atoms with E-state index in [2.05, 4.69) is 0 Å². The number of rotatable bonds is 0. The molecule has 0 aromatic rings. The first-order valence-corrected chi connectivity index (χ1v) is 1.95. The molecular formula is H5LiO3SiSnZn. The summed E-state index contributed by atoms with van der Waals surface area (Å²) in [5.74, 6) is 0. The predicted molar refractivity (Wildman–Crippen MR) is 20.5 cm³/mol. The van der Waals surface area contributed by atoms with Crippen LogP contribution in [-0.2, 0) is 23.9 Å². The minimum absolute atomic E-state index is 0. The van der Waals surface area contributed by atoms with Gasteiger partial charge in [0.05, 0.1) is 0 Å².